The Bertz CT molecular complexity index is 411. The van der Waals surface area contributed by atoms with Crippen molar-refractivity contribution in [3.63, 3.8) is 0 Å². The fourth-order valence-electron chi connectivity index (χ4n) is 2.03. The molecule has 2 nitrogen and oxygen atoms in total. The van der Waals surface area contributed by atoms with Crippen molar-refractivity contribution in [2.75, 3.05) is 5.75 Å². The molecular weight excluding hydrogens is 242 g/mol. The third-order valence-corrected chi connectivity index (χ3v) is 4.82. The van der Waals surface area contributed by atoms with Gasteiger partial charge in [0, 0.05) is 15.5 Å². The van der Waals surface area contributed by atoms with Crippen LogP contribution >= 0.6 is 0 Å². The maximum Gasteiger partial charge on any atom is 0.0566 e. The fraction of sp³-hybridized carbons (Fsp3) is 0.600. The first-order valence-corrected chi connectivity index (χ1v) is 8.82. The molecule has 1 atom stereocenters. The highest BCUT2D eigenvalue weighted by Crippen LogP contribution is 2.11. The normalized spacial score (nSPS) is 14.3. The van der Waals surface area contributed by atoms with E-state index in [0.717, 1.165) is 18.4 Å². The molecule has 1 aromatic carbocycles. The lowest BCUT2D eigenvalue weighted by Crippen LogP contribution is -2.07. The zero-order chi connectivity index (χ0) is 13.3. The van der Waals surface area contributed by atoms with Gasteiger partial charge >= 0.3 is 0 Å². The van der Waals surface area contributed by atoms with E-state index in [9.17, 15) is 4.21 Å². The molecule has 0 spiro atoms. The maximum absolute atomic E-state index is 12.1. The van der Waals surface area contributed by atoms with Crippen LogP contribution in [0.3, 0.4) is 0 Å². The van der Waals surface area contributed by atoms with Crippen molar-refractivity contribution in [3.8, 4) is 0 Å². The van der Waals surface area contributed by atoms with Crippen LogP contribution in [-0.2, 0) is 15.5 Å². The number of hydrogen-bond acceptors (Lipinski definition) is 2. The Labute approximate surface area is 112 Å². The minimum atomic E-state index is -2.43. The second kappa shape index (κ2) is 8.30. The minimum Gasteiger partial charge on any atom is -0.253 e. The number of benzene rings is 1. The molecule has 0 aliphatic carbocycles. The molecule has 3 heteroatoms. The molecule has 0 aliphatic heterocycles. The van der Waals surface area contributed by atoms with Gasteiger partial charge in [-0.3, -0.25) is 4.78 Å². The van der Waals surface area contributed by atoms with E-state index < -0.39 is 9.73 Å². The Balaban J connectivity index is 2.24. The van der Waals surface area contributed by atoms with Crippen molar-refractivity contribution < 1.29 is 4.21 Å². The Morgan fingerprint density at radius 3 is 2.28 bits per heavy atom. The zero-order valence-electron chi connectivity index (χ0n) is 11.4. The molecule has 0 radical (unpaired) electrons. The van der Waals surface area contributed by atoms with Gasteiger partial charge in [-0.15, -0.1) is 0 Å². The number of unbranched alkanes of at least 4 members (excludes halogenated alkanes) is 5. The van der Waals surface area contributed by atoms with Gasteiger partial charge in [-0.25, -0.2) is 4.21 Å². The Morgan fingerprint density at radius 2 is 1.61 bits per heavy atom. The lowest BCUT2D eigenvalue weighted by Gasteiger charge is -2.07. The van der Waals surface area contributed by atoms with Gasteiger partial charge in [-0.05, 0) is 12.0 Å². The summed E-state index contributed by atoms with van der Waals surface area (Å²) in [4.78, 5) is 0. The summed E-state index contributed by atoms with van der Waals surface area (Å²) in [6, 6.07) is 9.74. The molecule has 0 bridgehead atoms. The summed E-state index contributed by atoms with van der Waals surface area (Å²) in [5.74, 6) is 0.955. The first-order valence-electron chi connectivity index (χ1n) is 6.92. The fourth-order valence-corrected chi connectivity index (χ4v) is 3.58. The molecular formula is C15H25NOS. The highest BCUT2D eigenvalue weighted by Gasteiger charge is 2.07. The molecule has 0 saturated heterocycles. The molecule has 1 rings (SSSR count). The number of rotatable bonds is 9. The van der Waals surface area contributed by atoms with E-state index in [-0.39, 0.29) is 0 Å². The Kier molecular flexibility index (Phi) is 7.02. The predicted molar refractivity (Wildman–Crippen MR) is 79.3 cm³/mol. The highest BCUT2D eigenvalue weighted by atomic mass is 32.2. The first kappa shape index (κ1) is 15.2. The van der Waals surface area contributed by atoms with Crippen LogP contribution in [0.5, 0.6) is 0 Å². The van der Waals surface area contributed by atoms with E-state index in [1.165, 1.54) is 25.7 Å². The van der Waals surface area contributed by atoms with Crippen molar-refractivity contribution in [2.45, 2.75) is 51.2 Å². The van der Waals surface area contributed by atoms with Crippen LogP contribution in [0.2, 0.25) is 0 Å². The van der Waals surface area contributed by atoms with Gasteiger partial charge in [0.15, 0.2) is 0 Å². The van der Waals surface area contributed by atoms with Gasteiger partial charge in [0.05, 0.1) is 5.75 Å². The lowest BCUT2D eigenvalue weighted by molar-refractivity contribution is 0.620. The second-order valence-corrected chi connectivity index (χ2v) is 7.23. The highest BCUT2D eigenvalue weighted by molar-refractivity contribution is 7.91. The van der Waals surface area contributed by atoms with Crippen molar-refractivity contribution in [1.29, 1.82) is 4.78 Å². The van der Waals surface area contributed by atoms with Gasteiger partial charge in [0.1, 0.15) is 0 Å². The molecule has 0 saturated carbocycles. The Morgan fingerprint density at radius 1 is 1.00 bits per heavy atom. The van der Waals surface area contributed by atoms with Crippen LogP contribution in [0.1, 0.15) is 51.0 Å². The molecule has 0 aliphatic rings. The second-order valence-electron chi connectivity index (χ2n) is 4.91. The molecule has 0 fully saturated rings. The van der Waals surface area contributed by atoms with Crippen molar-refractivity contribution in [3.05, 3.63) is 35.9 Å². The molecule has 0 aromatic heterocycles. The molecule has 0 heterocycles. The maximum atomic E-state index is 12.1. The molecule has 18 heavy (non-hydrogen) atoms. The standard InChI is InChI=1S/C15H25NOS/c1-2-3-4-5-6-10-13-18(16,17)14-15-11-8-7-9-12-15/h7-9,11-12,16H,2-6,10,13-14H2,1H3. The van der Waals surface area contributed by atoms with Crippen LogP contribution in [0, 0.1) is 4.78 Å². The zero-order valence-corrected chi connectivity index (χ0v) is 12.2. The summed E-state index contributed by atoms with van der Waals surface area (Å²) < 4.78 is 20.0. The third kappa shape index (κ3) is 6.80. The monoisotopic (exact) mass is 267 g/mol. The van der Waals surface area contributed by atoms with Crippen LogP contribution in [0.25, 0.3) is 0 Å². The van der Waals surface area contributed by atoms with E-state index in [0.29, 0.717) is 11.5 Å². The average molecular weight is 267 g/mol. The van der Waals surface area contributed by atoms with Crippen molar-refractivity contribution in [1.82, 2.24) is 0 Å². The largest absolute Gasteiger partial charge is 0.253 e. The summed E-state index contributed by atoms with van der Waals surface area (Å²) in [6.45, 7) is 2.20. The minimum absolute atomic E-state index is 0.406. The van der Waals surface area contributed by atoms with Crippen molar-refractivity contribution >= 4 is 9.73 Å². The van der Waals surface area contributed by atoms with E-state index >= 15 is 0 Å². The van der Waals surface area contributed by atoms with Crippen LogP contribution < -0.4 is 0 Å². The molecule has 0 amide bonds. The molecule has 1 N–H and O–H groups in total. The van der Waals surface area contributed by atoms with Gasteiger partial charge in [0.25, 0.3) is 0 Å². The van der Waals surface area contributed by atoms with E-state index in [4.69, 9.17) is 4.78 Å². The smallest absolute Gasteiger partial charge is 0.0566 e. The summed E-state index contributed by atoms with van der Waals surface area (Å²) in [5.41, 5.74) is 1.02. The Hall–Kier alpha value is -0.830. The molecule has 1 unspecified atom stereocenters. The third-order valence-electron chi connectivity index (χ3n) is 3.07. The number of hydrogen-bond donors (Lipinski definition) is 1. The predicted octanol–water partition coefficient (Wildman–Crippen LogP) is 4.59. The van der Waals surface area contributed by atoms with Crippen LogP contribution in [0.15, 0.2) is 30.3 Å². The van der Waals surface area contributed by atoms with E-state index in [1.54, 1.807) is 0 Å². The van der Waals surface area contributed by atoms with E-state index in [1.807, 2.05) is 30.3 Å². The summed E-state index contributed by atoms with van der Waals surface area (Å²) in [5, 5.41) is 0. The average Bonchev–Trinajstić information content (AvgIpc) is 2.34. The lowest BCUT2D eigenvalue weighted by atomic mass is 10.1. The number of nitrogens with one attached hydrogen (secondary N) is 1. The summed E-state index contributed by atoms with van der Waals surface area (Å²) in [7, 11) is -2.43. The topological polar surface area (TPSA) is 40.9 Å². The van der Waals surface area contributed by atoms with Crippen molar-refractivity contribution in [2.24, 2.45) is 0 Å². The van der Waals surface area contributed by atoms with Gasteiger partial charge in [-0.2, -0.15) is 0 Å². The summed E-state index contributed by atoms with van der Waals surface area (Å²) >= 11 is 0. The quantitative estimate of drug-likeness (QED) is 0.653. The molecule has 1 aromatic rings. The van der Waals surface area contributed by atoms with Gasteiger partial charge < -0.3 is 0 Å². The van der Waals surface area contributed by atoms with Gasteiger partial charge in [-0.1, -0.05) is 69.4 Å². The van der Waals surface area contributed by atoms with Gasteiger partial charge in [0.2, 0.25) is 0 Å². The SMILES string of the molecule is CCCCCCCCS(=N)(=O)Cc1ccccc1. The van der Waals surface area contributed by atoms with E-state index in [2.05, 4.69) is 6.92 Å². The summed E-state index contributed by atoms with van der Waals surface area (Å²) in [6.07, 6.45) is 7.08. The van der Waals surface area contributed by atoms with Crippen LogP contribution in [0.4, 0.5) is 0 Å². The van der Waals surface area contributed by atoms with Crippen LogP contribution in [-0.4, -0.2) is 9.96 Å². The first-order chi connectivity index (χ1) is 8.64. The molecule has 102 valence electrons.